The highest BCUT2D eigenvalue weighted by atomic mass is 16.5. The molecule has 100 valence electrons. The Kier molecular flexibility index (Phi) is 4.36. The van der Waals surface area contributed by atoms with Crippen molar-refractivity contribution in [1.82, 2.24) is 10.3 Å². The molecular formula is C15H18N2O2. The number of phenolic OH excluding ortho intramolecular Hbond substituents is 1. The molecule has 0 fully saturated rings. The van der Waals surface area contributed by atoms with Crippen molar-refractivity contribution in [3.63, 3.8) is 0 Å². The summed E-state index contributed by atoms with van der Waals surface area (Å²) in [5, 5.41) is 12.7. The normalized spacial score (nSPS) is 12.1. The number of rotatable bonds is 5. The lowest BCUT2D eigenvalue weighted by Crippen LogP contribution is -2.18. The minimum absolute atomic E-state index is 0.186. The Morgan fingerprint density at radius 2 is 2.00 bits per heavy atom. The number of benzene rings is 1. The van der Waals surface area contributed by atoms with Gasteiger partial charge in [0.15, 0.2) is 0 Å². The second-order valence-electron chi connectivity index (χ2n) is 4.37. The number of hydrogen-bond donors (Lipinski definition) is 2. The van der Waals surface area contributed by atoms with Crippen LogP contribution in [0.25, 0.3) is 0 Å². The first-order valence-electron chi connectivity index (χ1n) is 6.21. The molecule has 1 aromatic carbocycles. The van der Waals surface area contributed by atoms with E-state index >= 15 is 0 Å². The van der Waals surface area contributed by atoms with Gasteiger partial charge in [-0.1, -0.05) is 18.2 Å². The molecule has 0 amide bonds. The van der Waals surface area contributed by atoms with E-state index in [1.54, 1.807) is 25.4 Å². The van der Waals surface area contributed by atoms with Crippen molar-refractivity contribution in [2.75, 3.05) is 7.11 Å². The van der Waals surface area contributed by atoms with E-state index in [2.05, 4.69) is 17.2 Å². The highest BCUT2D eigenvalue weighted by Crippen LogP contribution is 2.18. The zero-order valence-electron chi connectivity index (χ0n) is 11.1. The molecule has 0 aliphatic heterocycles. The fraction of sp³-hybridized carbons (Fsp3) is 0.267. The van der Waals surface area contributed by atoms with Gasteiger partial charge in [-0.05, 0) is 30.7 Å². The number of aromatic nitrogens is 1. The SMILES string of the molecule is COc1ncccc1CNC(C)c1ccc(O)cc1. The van der Waals surface area contributed by atoms with Gasteiger partial charge in [-0.25, -0.2) is 4.98 Å². The topological polar surface area (TPSA) is 54.4 Å². The van der Waals surface area contributed by atoms with Gasteiger partial charge in [0.05, 0.1) is 7.11 Å². The largest absolute Gasteiger partial charge is 0.508 e. The van der Waals surface area contributed by atoms with E-state index in [0.717, 1.165) is 11.1 Å². The average Bonchev–Trinajstić information content (AvgIpc) is 2.45. The van der Waals surface area contributed by atoms with E-state index in [4.69, 9.17) is 4.74 Å². The number of aromatic hydroxyl groups is 1. The first-order chi connectivity index (χ1) is 9.20. The third kappa shape index (κ3) is 3.45. The minimum Gasteiger partial charge on any atom is -0.508 e. The first-order valence-corrected chi connectivity index (χ1v) is 6.21. The van der Waals surface area contributed by atoms with Crippen molar-refractivity contribution in [3.8, 4) is 11.6 Å². The number of hydrogen-bond acceptors (Lipinski definition) is 4. The Morgan fingerprint density at radius 3 is 2.68 bits per heavy atom. The van der Waals surface area contributed by atoms with Crippen LogP contribution in [0.4, 0.5) is 0 Å². The number of nitrogens with one attached hydrogen (secondary N) is 1. The Balaban J connectivity index is 2.00. The number of methoxy groups -OCH3 is 1. The second-order valence-corrected chi connectivity index (χ2v) is 4.37. The van der Waals surface area contributed by atoms with Gasteiger partial charge in [-0.15, -0.1) is 0 Å². The predicted molar refractivity (Wildman–Crippen MR) is 74.2 cm³/mol. The maximum Gasteiger partial charge on any atom is 0.217 e. The molecule has 1 heterocycles. The fourth-order valence-electron chi connectivity index (χ4n) is 1.89. The van der Waals surface area contributed by atoms with Crippen LogP contribution in [-0.4, -0.2) is 17.2 Å². The van der Waals surface area contributed by atoms with Crippen LogP contribution in [0.1, 0.15) is 24.1 Å². The summed E-state index contributed by atoms with van der Waals surface area (Å²) in [7, 11) is 1.62. The quantitative estimate of drug-likeness (QED) is 0.865. The summed E-state index contributed by atoms with van der Waals surface area (Å²) in [6.45, 7) is 2.76. The van der Waals surface area contributed by atoms with Gasteiger partial charge in [0.2, 0.25) is 5.88 Å². The van der Waals surface area contributed by atoms with Crippen LogP contribution in [0.2, 0.25) is 0 Å². The van der Waals surface area contributed by atoms with Crippen LogP contribution >= 0.6 is 0 Å². The summed E-state index contributed by atoms with van der Waals surface area (Å²) in [6.07, 6.45) is 1.71. The van der Waals surface area contributed by atoms with Gasteiger partial charge >= 0.3 is 0 Å². The molecule has 0 aliphatic carbocycles. The van der Waals surface area contributed by atoms with Crippen LogP contribution < -0.4 is 10.1 Å². The summed E-state index contributed by atoms with van der Waals surface area (Å²) in [5.74, 6) is 0.929. The molecule has 19 heavy (non-hydrogen) atoms. The highest BCUT2D eigenvalue weighted by molar-refractivity contribution is 5.28. The van der Waals surface area contributed by atoms with Crippen LogP contribution in [0, 0.1) is 0 Å². The van der Waals surface area contributed by atoms with Crippen LogP contribution in [-0.2, 0) is 6.54 Å². The lowest BCUT2D eigenvalue weighted by Gasteiger charge is -2.15. The van der Waals surface area contributed by atoms with Gasteiger partial charge < -0.3 is 15.2 Å². The summed E-state index contributed by atoms with van der Waals surface area (Å²) >= 11 is 0. The fourth-order valence-corrected chi connectivity index (χ4v) is 1.89. The maximum absolute atomic E-state index is 9.27. The molecular weight excluding hydrogens is 240 g/mol. The summed E-state index contributed by atoms with van der Waals surface area (Å²) < 4.78 is 5.21. The van der Waals surface area contributed by atoms with Crippen molar-refractivity contribution in [2.45, 2.75) is 19.5 Å². The van der Waals surface area contributed by atoms with Gasteiger partial charge in [-0.2, -0.15) is 0 Å². The van der Waals surface area contributed by atoms with E-state index in [1.165, 1.54) is 0 Å². The van der Waals surface area contributed by atoms with Gasteiger partial charge in [0.25, 0.3) is 0 Å². The summed E-state index contributed by atoms with van der Waals surface area (Å²) in [4.78, 5) is 4.16. The number of nitrogens with zero attached hydrogens (tertiary/aromatic N) is 1. The van der Waals surface area contributed by atoms with Crippen molar-refractivity contribution in [1.29, 1.82) is 0 Å². The molecule has 0 bridgehead atoms. The van der Waals surface area contributed by atoms with Crippen molar-refractivity contribution < 1.29 is 9.84 Å². The molecule has 0 saturated heterocycles. The number of ether oxygens (including phenoxy) is 1. The van der Waals surface area contributed by atoms with Crippen LogP contribution in [0.3, 0.4) is 0 Å². The van der Waals surface area contributed by atoms with E-state index in [9.17, 15) is 5.11 Å². The van der Waals surface area contributed by atoms with Gasteiger partial charge in [0.1, 0.15) is 5.75 Å². The van der Waals surface area contributed by atoms with E-state index in [0.29, 0.717) is 12.4 Å². The molecule has 0 spiro atoms. The highest BCUT2D eigenvalue weighted by Gasteiger charge is 2.07. The zero-order chi connectivity index (χ0) is 13.7. The van der Waals surface area contributed by atoms with E-state index < -0.39 is 0 Å². The predicted octanol–water partition coefficient (Wildman–Crippen LogP) is 2.65. The van der Waals surface area contributed by atoms with Crippen LogP contribution in [0.5, 0.6) is 11.6 Å². The Bertz CT molecular complexity index is 526. The Morgan fingerprint density at radius 1 is 1.26 bits per heavy atom. The molecule has 0 aliphatic rings. The maximum atomic E-state index is 9.27. The molecule has 4 heteroatoms. The first kappa shape index (κ1) is 13.4. The third-order valence-electron chi connectivity index (χ3n) is 3.04. The van der Waals surface area contributed by atoms with E-state index in [1.807, 2.05) is 24.3 Å². The van der Waals surface area contributed by atoms with Crippen molar-refractivity contribution >= 4 is 0 Å². The molecule has 2 rings (SSSR count). The smallest absolute Gasteiger partial charge is 0.217 e. The Hall–Kier alpha value is -2.07. The number of pyridine rings is 1. The van der Waals surface area contributed by atoms with Crippen molar-refractivity contribution in [3.05, 3.63) is 53.7 Å². The standard InChI is InChI=1S/C15H18N2O2/c1-11(12-5-7-14(18)8-6-12)17-10-13-4-3-9-16-15(13)19-2/h3-9,11,17-18H,10H2,1-2H3. The molecule has 2 N–H and O–H groups in total. The summed E-state index contributed by atoms with van der Waals surface area (Å²) in [5.41, 5.74) is 2.15. The molecule has 4 nitrogen and oxygen atoms in total. The number of phenols is 1. The van der Waals surface area contributed by atoms with Crippen LogP contribution in [0.15, 0.2) is 42.6 Å². The minimum atomic E-state index is 0.186. The molecule has 1 aromatic heterocycles. The molecule has 0 radical (unpaired) electrons. The summed E-state index contributed by atoms with van der Waals surface area (Å²) in [6, 6.07) is 11.3. The van der Waals surface area contributed by atoms with Crippen molar-refractivity contribution in [2.24, 2.45) is 0 Å². The van der Waals surface area contributed by atoms with Gasteiger partial charge in [-0.3, -0.25) is 0 Å². The molecule has 1 unspecified atom stereocenters. The average molecular weight is 258 g/mol. The lowest BCUT2D eigenvalue weighted by atomic mass is 10.1. The van der Waals surface area contributed by atoms with Gasteiger partial charge in [0, 0.05) is 24.3 Å². The lowest BCUT2D eigenvalue weighted by molar-refractivity contribution is 0.389. The monoisotopic (exact) mass is 258 g/mol. The third-order valence-corrected chi connectivity index (χ3v) is 3.04. The molecule has 0 saturated carbocycles. The second kappa shape index (κ2) is 6.20. The van der Waals surface area contributed by atoms with E-state index in [-0.39, 0.29) is 11.8 Å². The molecule has 1 atom stereocenters. The zero-order valence-corrected chi connectivity index (χ0v) is 11.1. The Labute approximate surface area is 113 Å². The molecule has 2 aromatic rings.